The van der Waals surface area contributed by atoms with Gasteiger partial charge in [-0.25, -0.2) is 4.39 Å². The summed E-state index contributed by atoms with van der Waals surface area (Å²) >= 11 is 0. The van der Waals surface area contributed by atoms with Crippen LogP contribution in [0.2, 0.25) is 0 Å². The smallest absolute Gasteiger partial charge is 0.251 e. The van der Waals surface area contributed by atoms with Gasteiger partial charge < -0.3 is 10.4 Å². The van der Waals surface area contributed by atoms with Gasteiger partial charge in [0, 0.05) is 18.7 Å². The van der Waals surface area contributed by atoms with Gasteiger partial charge in [-0.15, -0.1) is 0 Å². The fourth-order valence-electron chi connectivity index (χ4n) is 1.88. The van der Waals surface area contributed by atoms with Crippen LogP contribution in [-0.4, -0.2) is 24.2 Å². The van der Waals surface area contributed by atoms with Crippen LogP contribution in [0.15, 0.2) is 24.3 Å². The summed E-state index contributed by atoms with van der Waals surface area (Å²) in [6, 6.07) is 5.47. The van der Waals surface area contributed by atoms with E-state index >= 15 is 0 Å². The molecule has 0 aliphatic rings. The maximum Gasteiger partial charge on any atom is 0.251 e. The van der Waals surface area contributed by atoms with Crippen molar-refractivity contribution in [2.45, 2.75) is 26.2 Å². The Morgan fingerprint density at radius 2 is 2.00 bits per heavy atom. The van der Waals surface area contributed by atoms with Crippen LogP contribution in [0, 0.1) is 11.7 Å². The third-order valence-electron chi connectivity index (χ3n) is 2.89. The lowest BCUT2D eigenvalue weighted by molar-refractivity contribution is 0.0943. The van der Waals surface area contributed by atoms with Crippen molar-refractivity contribution in [2.75, 3.05) is 13.2 Å². The van der Waals surface area contributed by atoms with Gasteiger partial charge in [0.15, 0.2) is 0 Å². The van der Waals surface area contributed by atoms with Gasteiger partial charge in [-0.2, -0.15) is 0 Å². The summed E-state index contributed by atoms with van der Waals surface area (Å²) in [5.74, 6) is -0.255. The molecule has 1 aromatic carbocycles. The number of benzene rings is 1. The van der Waals surface area contributed by atoms with Gasteiger partial charge >= 0.3 is 0 Å². The Hall–Kier alpha value is -1.42. The molecule has 0 spiro atoms. The molecule has 2 N–H and O–H groups in total. The molecule has 0 bridgehead atoms. The fourth-order valence-corrected chi connectivity index (χ4v) is 1.88. The number of carbonyl (C=O) groups is 1. The van der Waals surface area contributed by atoms with E-state index < -0.39 is 0 Å². The predicted octanol–water partition coefficient (Wildman–Crippen LogP) is 2.35. The molecule has 1 atom stereocenters. The first-order chi connectivity index (χ1) is 8.67. The highest BCUT2D eigenvalue weighted by Gasteiger charge is 2.10. The molecule has 1 unspecified atom stereocenters. The molecule has 0 aliphatic heterocycles. The van der Waals surface area contributed by atoms with Crippen LogP contribution in [-0.2, 0) is 0 Å². The second-order valence-corrected chi connectivity index (χ2v) is 4.38. The Labute approximate surface area is 107 Å². The van der Waals surface area contributed by atoms with E-state index in [0.29, 0.717) is 24.4 Å². The Morgan fingerprint density at radius 1 is 1.33 bits per heavy atom. The standard InChI is InChI=1S/C14H20FNO2/c1-2-3-11(8-9-17)10-16-14(18)12-4-6-13(15)7-5-12/h4-7,11,17H,2-3,8-10H2,1H3,(H,16,18). The Balaban J connectivity index is 2.46. The van der Waals surface area contributed by atoms with Crippen LogP contribution in [0.25, 0.3) is 0 Å². The maximum absolute atomic E-state index is 12.7. The number of hydrogen-bond acceptors (Lipinski definition) is 2. The average molecular weight is 253 g/mol. The quantitative estimate of drug-likeness (QED) is 0.783. The normalized spacial score (nSPS) is 12.2. The maximum atomic E-state index is 12.7. The summed E-state index contributed by atoms with van der Waals surface area (Å²) in [5, 5.41) is 11.7. The van der Waals surface area contributed by atoms with E-state index in [2.05, 4.69) is 12.2 Å². The lowest BCUT2D eigenvalue weighted by Crippen LogP contribution is -2.29. The number of halogens is 1. The molecule has 0 aromatic heterocycles. The Morgan fingerprint density at radius 3 is 2.56 bits per heavy atom. The van der Waals surface area contributed by atoms with E-state index in [9.17, 15) is 9.18 Å². The summed E-state index contributed by atoms with van der Waals surface area (Å²) in [4.78, 5) is 11.8. The van der Waals surface area contributed by atoms with Crippen LogP contribution in [0.3, 0.4) is 0 Å². The van der Waals surface area contributed by atoms with Crippen molar-refractivity contribution in [3.8, 4) is 0 Å². The minimum atomic E-state index is -0.351. The summed E-state index contributed by atoms with van der Waals surface area (Å²) in [6.07, 6.45) is 2.69. The largest absolute Gasteiger partial charge is 0.396 e. The third-order valence-corrected chi connectivity index (χ3v) is 2.89. The van der Waals surface area contributed by atoms with E-state index in [4.69, 9.17) is 5.11 Å². The summed E-state index contributed by atoms with van der Waals surface area (Å²) < 4.78 is 12.7. The van der Waals surface area contributed by atoms with E-state index in [0.717, 1.165) is 12.8 Å². The molecule has 3 nitrogen and oxygen atoms in total. The van der Waals surface area contributed by atoms with E-state index in [1.54, 1.807) is 0 Å². The molecule has 0 heterocycles. The molecule has 4 heteroatoms. The third kappa shape index (κ3) is 4.84. The number of hydrogen-bond donors (Lipinski definition) is 2. The minimum Gasteiger partial charge on any atom is -0.396 e. The number of aliphatic hydroxyl groups excluding tert-OH is 1. The van der Waals surface area contributed by atoms with Gasteiger partial charge in [-0.3, -0.25) is 4.79 Å². The Bertz CT molecular complexity index is 359. The van der Waals surface area contributed by atoms with Crippen LogP contribution >= 0.6 is 0 Å². The summed E-state index contributed by atoms with van der Waals surface area (Å²) in [6.45, 7) is 2.76. The zero-order chi connectivity index (χ0) is 13.4. The first kappa shape index (κ1) is 14.6. The molecule has 1 rings (SSSR count). The lowest BCUT2D eigenvalue weighted by atomic mass is 10.00. The van der Waals surface area contributed by atoms with Crippen molar-refractivity contribution in [3.05, 3.63) is 35.6 Å². The monoisotopic (exact) mass is 253 g/mol. The summed E-state index contributed by atoms with van der Waals surface area (Å²) in [5.41, 5.74) is 0.454. The highest BCUT2D eigenvalue weighted by Crippen LogP contribution is 2.10. The SMILES string of the molecule is CCCC(CCO)CNC(=O)c1ccc(F)cc1. The highest BCUT2D eigenvalue weighted by atomic mass is 19.1. The van der Waals surface area contributed by atoms with E-state index in [-0.39, 0.29) is 18.3 Å². The zero-order valence-corrected chi connectivity index (χ0v) is 10.7. The van der Waals surface area contributed by atoms with Gasteiger partial charge in [0.05, 0.1) is 0 Å². The van der Waals surface area contributed by atoms with Crippen molar-refractivity contribution in [1.29, 1.82) is 0 Å². The summed E-state index contributed by atoms with van der Waals surface area (Å²) in [7, 11) is 0. The number of rotatable bonds is 7. The number of aliphatic hydroxyl groups is 1. The van der Waals surface area contributed by atoms with E-state index in [1.807, 2.05) is 0 Å². The van der Waals surface area contributed by atoms with Crippen LogP contribution < -0.4 is 5.32 Å². The van der Waals surface area contributed by atoms with Crippen molar-refractivity contribution in [2.24, 2.45) is 5.92 Å². The second kappa shape index (κ2) is 7.82. The van der Waals surface area contributed by atoms with E-state index in [1.165, 1.54) is 24.3 Å². The van der Waals surface area contributed by atoms with Gasteiger partial charge in [0.25, 0.3) is 5.91 Å². The van der Waals surface area contributed by atoms with Gasteiger partial charge in [0.1, 0.15) is 5.82 Å². The molecular weight excluding hydrogens is 233 g/mol. The fraction of sp³-hybridized carbons (Fsp3) is 0.500. The molecule has 0 saturated carbocycles. The molecule has 100 valence electrons. The second-order valence-electron chi connectivity index (χ2n) is 4.38. The van der Waals surface area contributed by atoms with Crippen LogP contribution in [0.4, 0.5) is 4.39 Å². The molecular formula is C14H20FNO2. The molecule has 1 amide bonds. The number of amides is 1. The van der Waals surface area contributed by atoms with Crippen molar-refractivity contribution < 1.29 is 14.3 Å². The number of carbonyl (C=O) groups excluding carboxylic acids is 1. The molecule has 0 radical (unpaired) electrons. The van der Waals surface area contributed by atoms with Crippen molar-refractivity contribution >= 4 is 5.91 Å². The molecule has 0 saturated heterocycles. The lowest BCUT2D eigenvalue weighted by Gasteiger charge is -2.15. The molecule has 18 heavy (non-hydrogen) atoms. The first-order valence-corrected chi connectivity index (χ1v) is 6.32. The zero-order valence-electron chi connectivity index (χ0n) is 10.7. The van der Waals surface area contributed by atoms with Crippen LogP contribution in [0.1, 0.15) is 36.5 Å². The van der Waals surface area contributed by atoms with Gasteiger partial charge in [0.2, 0.25) is 0 Å². The first-order valence-electron chi connectivity index (χ1n) is 6.32. The van der Waals surface area contributed by atoms with Crippen molar-refractivity contribution in [1.82, 2.24) is 5.32 Å². The Kier molecular flexibility index (Phi) is 6.36. The highest BCUT2D eigenvalue weighted by molar-refractivity contribution is 5.94. The molecule has 0 aliphatic carbocycles. The predicted molar refractivity (Wildman–Crippen MR) is 68.8 cm³/mol. The molecule has 1 aromatic rings. The number of nitrogens with one attached hydrogen (secondary N) is 1. The average Bonchev–Trinajstić information content (AvgIpc) is 2.37. The molecule has 0 fully saturated rings. The minimum absolute atomic E-state index is 0.136. The van der Waals surface area contributed by atoms with Crippen LogP contribution in [0.5, 0.6) is 0 Å². The topological polar surface area (TPSA) is 49.3 Å². The van der Waals surface area contributed by atoms with Gasteiger partial charge in [-0.1, -0.05) is 13.3 Å². The van der Waals surface area contributed by atoms with Gasteiger partial charge in [-0.05, 0) is 43.0 Å². The van der Waals surface area contributed by atoms with Crippen molar-refractivity contribution in [3.63, 3.8) is 0 Å².